The van der Waals surface area contributed by atoms with Gasteiger partial charge in [0.05, 0.1) is 26.1 Å². The van der Waals surface area contributed by atoms with E-state index >= 15 is 0 Å². The van der Waals surface area contributed by atoms with Crippen LogP contribution in [0.3, 0.4) is 0 Å². The van der Waals surface area contributed by atoms with Crippen molar-refractivity contribution in [2.24, 2.45) is 5.92 Å². The molecule has 9 heteroatoms. The largest absolute Gasteiger partial charge is 0.492 e. The highest BCUT2D eigenvalue weighted by atomic mass is 32.1. The lowest BCUT2D eigenvalue weighted by Crippen LogP contribution is -3.13. The van der Waals surface area contributed by atoms with Crippen molar-refractivity contribution in [2.75, 3.05) is 20.2 Å². The summed E-state index contributed by atoms with van der Waals surface area (Å²) in [7, 11) is 1.41. The van der Waals surface area contributed by atoms with Gasteiger partial charge < -0.3 is 14.7 Å². The number of nitrogens with zero attached hydrogens (tertiary/aromatic N) is 3. The van der Waals surface area contributed by atoms with Crippen molar-refractivity contribution >= 4 is 22.3 Å². The molecule has 148 valence electrons. The van der Waals surface area contributed by atoms with Gasteiger partial charge in [-0.2, -0.15) is 4.52 Å². The maximum Gasteiger partial charge on any atom is 0.309 e. The summed E-state index contributed by atoms with van der Waals surface area (Å²) in [5.74, 6) is 0.0131. The number of benzene rings is 1. The number of likely N-dealkylation sites (tertiary alicyclic amines) is 1. The first-order valence-electron chi connectivity index (χ1n) is 9.21. The molecule has 3 heterocycles. The second-order valence-corrected chi connectivity index (χ2v) is 8.10. The number of carbonyl (C=O) groups excluding carboxylic acids is 1. The molecule has 0 aliphatic carbocycles. The van der Waals surface area contributed by atoms with Crippen LogP contribution in [0.5, 0.6) is 5.88 Å². The molecule has 4 rings (SSSR count). The molecule has 0 bridgehead atoms. The zero-order valence-corrected chi connectivity index (χ0v) is 16.5. The zero-order valence-electron chi connectivity index (χ0n) is 15.7. The minimum atomic E-state index is -0.318. The Hall–Kier alpha value is -2.52. The fourth-order valence-electron chi connectivity index (χ4n) is 3.97. The Morgan fingerprint density at radius 1 is 1.43 bits per heavy atom. The summed E-state index contributed by atoms with van der Waals surface area (Å²) in [6, 6.07) is 6.20. The van der Waals surface area contributed by atoms with Crippen molar-refractivity contribution < 1.29 is 23.9 Å². The Bertz CT molecular complexity index is 1010. The van der Waals surface area contributed by atoms with Crippen LogP contribution in [0.15, 0.2) is 24.3 Å². The van der Waals surface area contributed by atoms with Crippen LogP contribution >= 0.6 is 11.3 Å². The Morgan fingerprint density at radius 3 is 2.82 bits per heavy atom. The summed E-state index contributed by atoms with van der Waals surface area (Å²) in [6.45, 7) is 3.20. The number of halogens is 1. The van der Waals surface area contributed by atoms with Crippen molar-refractivity contribution in [3.63, 3.8) is 0 Å². The van der Waals surface area contributed by atoms with Crippen LogP contribution in [-0.2, 0) is 9.53 Å². The van der Waals surface area contributed by atoms with E-state index in [9.17, 15) is 14.3 Å². The Morgan fingerprint density at radius 2 is 2.18 bits per heavy atom. The van der Waals surface area contributed by atoms with Crippen LogP contribution < -0.4 is 4.90 Å². The minimum Gasteiger partial charge on any atom is -0.492 e. The van der Waals surface area contributed by atoms with Gasteiger partial charge in [0.1, 0.15) is 16.5 Å². The molecule has 1 saturated heterocycles. The van der Waals surface area contributed by atoms with Crippen LogP contribution in [-0.4, -0.2) is 45.9 Å². The smallest absolute Gasteiger partial charge is 0.309 e. The van der Waals surface area contributed by atoms with Crippen LogP contribution in [0.4, 0.5) is 4.39 Å². The van der Waals surface area contributed by atoms with Crippen LogP contribution in [0.1, 0.15) is 35.1 Å². The van der Waals surface area contributed by atoms with E-state index in [0.29, 0.717) is 41.6 Å². The van der Waals surface area contributed by atoms with Crippen molar-refractivity contribution in [3.8, 4) is 5.88 Å². The monoisotopic (exact) mass is 405 g/mol. The quantitative estimate of drug-likeness (QED) is 0.643. The van der Waals surface area contributed by atoms with Crippen molar-refractivity contribution in [2.45, 2.75) is 25.8 Å². The molecular formula is C19H22FN4O3S+. The normalized spacial score (nSPS) is 21.0. The van der Waals surface area contributed by atoms with E-state index in [0.717, 1.165) is 5.56 Å². The summed E-state index contributed by atoms with van der Waals surface area (Å²) >= 11 is 1.36. The summed E-state index contributed by atoms with van der Waals surface area (Å²) in [5.41, 5.74) is 0.781. The lowest BCUT2D eigenvalue weighted by molar-refractivity contribution is -0.930. The Kier molecular flexibility index (Phi) is 5.03. The molecule has 1 aliphatic heterocycles. The molecule has 1 aliphatic rings. The van der Waals surface area contributed by atoms with Crippen LogP contribution in [0, 0.1) is 18.7 Å². The second kappa shape index (κ2) is 7.48. The predicted molar refractivity (Wildman–Crippen MR) is 101 cm³/mol. The number of hydrogen-bond acceptors (Lipinski definition) is 6. The highest BCUT2D eigenvalue weighted by Crippen LogP contribution is 2.35. The van der Waals surface area contributed by atoms with Crippen molar-refractivity contribution in [1.82, 2.24) is 14.6 Å². The average Bonchev–Trinajstić information content (AvgIpc) is 3.19. The lowest BCUT2D eigenvalue weighted by Gasteiger charge is -2.33. The molecule has 28 heavy (non-hydrogen) atoms. The Labute approximate surface area is 165 Å². The van der Waals surface area contributed by atoms with Gasteiger partial charge in [0, 0.05) is 18.4 Å². The van der Waals surface area contributed by atoms with E-state index in [-0.39, 0.29) is 29.6 Å². The average molecular weight is 405 g/mol. The molecular weight excluding hydrogens is 383 g/mol. The third-order valence-electron chi connectivity index (χ3n) is 5.32. The van der Waals surface area contributed by atoms with E-state index in [1.807, 2.05) is 6.07 Å². The van der Waals surface area contributed by atoms with E-state index in [2.05, 4.69) is 10.1 Å². The third kappa shape index (κ3) is 3.35. The maximum absolute atomic E-state index is 14.0. The first kappa shape index (κ1) is 18.8. The summed E-state index contributed by atoms with van der Waals surface area (Å²) < 4.78 is 20.3. The van der Waals surface area contributed by atoms with Gasteiger partial charge in [-0.05, 0) is 19.1 Å². The second-order valence-electron chi connectivity index (χ2n) is 7.09. The number of carbonyl (C=O) groups is 1. The molecule has 0 saturated carbocycles. The molecule has 2 N–H and O–H groups in total. The van der Waals surface area contributed by atoms with Gasteiger partial charge in [0.15, 0.2) is 6.04 Å². The number of hydrogen-bond donors (Lipinski definition) is 2. The predicted octanol–water partition coefficient (Wildman–Crippen LogP) is 1.50. The number of methoxy groups -OCH3 is 1. The summed E-state index contributed by atoms with van der Waals surface area (Å²) in [4.78, 5) is 18.7. The standard InChI is InChI=1S/C19H21FN4O3S/c1-11-21-19-24(22-11)17(25)16(28-19)15(13-4-3-5-14(20)10-13)23-8-6-12(7-9-23)18(26)27-2/h3-5,10,12,15,25H,6-9H2,1-2H3/p+1/t15-/m0/s1. The first-order chi connectivity index (χ1) is 13.5. The van der Waals surface area contributed by atoms with Crippen LogP contribution in [0.25, 0.3) is 4.96 Å². The fraction of sp³-hybridized carbons (Fsp3) is 0.421. The van der Waals surface area contributed by atoms with Gasteiger partial charge in [0.2, 0.25) is 10.8 Å². The van der Waals surface area contributed by atoms with Gasteiger partial charge in [-0.25, -0.2) is 9.37 Å². The van der Waals surface area contributed by atoms with Gasteiger partial charge in [-0.3, -0.25) is 4.79 Å². The molecule has 2 aromatic heterocycles. The Balaban J connectivity index is 1.71. The number of esters is 1. The van der Waals surface area contributed by atoms with E-state index < -0.39 is 0 Å². The molecule has 1 fully saturated rings. The number of aryl methyl sites for hydroxylation is 1. The minimum absolute atomic E-state index is 0.0393. The van der Waals surface area contributed by atoms with Gasteiger partial charge in [0.25, 0.3) is 0 Å². The van der Waals surface area contributed by atoms with Crippen molar-refractivity contribution in [3.05, 3.63) is 46.3 Å². The number of rotatable bonds is 4. The number of thiazole rings is 1. The van der Waals surface area contributed by atoms with E-state index in [1.165, 1.54) is 40.0 Å². The number of ether oxygens (including phenoxy) is 1. The SMILES string of the molecule is COC(=O)C1CC[NH+]([C@@H](c2cccc(F)c2)c2sc3nc(C)nn3c2O)CC1. The lowest BCUT2D eigenvalue weighted by atomic mass is 9.93. The van der Waals surface area contributed by atoms with E-state index in [1.54, 1.807) is 13.0 Å². The molecule has 1 atom stereocenters. The van der Waals surface area contributed by atoms with Gasteiger partial charge in [-0.1, -0.05) is 23.5 Å². The number of quaternary nitrogens is 1. The number of fused-ring (bicyclic) bond motifs is 1. The van der Waals surface area contributed by atoms with Gasteiger partial charge in [-0.15, -0.1) is 5.10 Å². The zero-order chi connectivity index (χ0) is 19.8. The number of aromatic nitrogens is 3. The van der Waals surface area contributed by atoms with E-state index in [4.69, 9.17) is 4.74 Å². The van der Waals surface area contributed by atoms with Crippen molar-refractivity contribution in [1.29, 1.82) is 0 Å². The highest BCUT2D eigenvalue weighted by Gasteiger charge is 2.37. The number of nitrogens with one attached hydrogen (secondary N) is 1. The van der Waals surface area contributed by atoms with Gasteiger partial charge >= 0.3 is 5.97 Å². The first-order valence-corrected chi connectivity index (χ1v) is 10.0. The highest BCUT2D eigenvalue weighted by molar-refractivity contribution is 7.17. The number of aromatic hydroxyl groups is 1. The van der Waals surface area contributed by atoms with Crippen LogP contribution in [0.2, 0.25) is 0 Å². The molecule has 1 aromatic carbocycles. The molecule has 7 nitrogen and oxygen atoms in total. The molecule has 0 unspecified atom stereocenters. The molecule has 0 spiro atoms. The third-order valence-corrected chi connectivity index (χ3v) is 6.41. The summed E-state index contributed by atoms with van der Waals surface area (Å²) in [5, 5.41) is 15.0. The number of piperidine rings is 1. The molecule has 3 aromatic rings. The fourth-order valence-corrected chi connectivity index (χ4v) is 5.16. The summed E-state index contributed by atoms with van der Waals surface area (Å²) in [6.07, 6.45) is 1.38. The molecule has 0 radical (unpaired) electrons. The topological polar surface area (TPSA) is 81.2 Å². The molecule has 0 amide bonds. The maximum atomic E-state index is 14.0.